The van der Waals surface area contributed by atoms with Crippen LogP contribution in [0.15, 0.2) is 0 Å². The van der Waals surface area contributed by atoms with E-state index in [1.165, 1.54) is 0 Å². The Balaban J connectivity index is 3.91. The van der Waals surface area contributed by atoms with Crippen LogP contribution in [0.3, 0.4) is 0 Å². The third kappa shape index (κ3) is 5.47. The molecule has 0 aliphatic rings. The average molecular weight is 229 g/mol. The predicted molar refractivity (Wildman–Crippen MR) is 68.5 cm³/mol. The van der Waals surface area contributed by atoms with Gasteiger partial charge in [-0.25, -0.2) is 0 Å². The van der Waals surface area contributed by atoms with Crippen LogP contribution in [0, 0.1) is 0 Å². The van der Waals surface area contributed by atoms with Gasteiger partial charge >= 0.3 is 0 Å². The highest BCUT2D eigenvalue weighted by Gasteiger charge is 2.14. The molecule has 4 heteroatoms. The van der Waals surface area contributed by atoms with E-state index in [0.717, 1.165) is 13.1 Å². The summed E-state index contributed by atoms with van der Waals surface area (Å²) < 4.78 is 0. The number of amides is 1. The van der Waals surface area contributed by atoms with Crippen molar-refractivity contribution in [2.24, 2.45) is 0 Å². The number of nitrogens with one attached hydrogen (secondary N) is 2. The Bertz CT molecular complexity index is 196. The van der Waals surface area contributed by atoms with Gasteiger partial charge in [-0.2, -0.15) is 0 Å². The van der Waals surface area contributed by atoms with Crippen LogP contribution < -0.4 is 10.6 Å². The SMILES string of the molecule is CNC(=O)C(C)NCCN(C(C)C)C(C)C. The maximum absolute atomic E-state index is 11.3. The summed E-state index contributed by atoms with van der Waals surface area (Å²) in [6, 6.07) is 0.959. The second-order valence-corrected chi connectivity index (χ2v) is 4.72. The lowest BCUT2D eigenvalue weighted by atomic mass is 10.2. The minimum atomic E-state index is -0.119. The van der Waals surface area contributed by atoms with Crippen LogP contribution in [0.1, 0.15) is 34.6 Å². The molecule has 0 heterocycles. The molecule has 0 aromatic heterocycles. The van der Waals surface area contributed by atoms with Crippen LogP contribution in [0.4, 0.5) is 0 Å². The number of carbonyl (C=O) groups excluding carboxylic acids is 1. The van der Waals surface area contributed by atoms with Gasteiger partial charge in [0.15, 0.2) is 0 Å². The monoisotopic (exact) mass is 229 g/mol. The first-order chi connectivity index (χ1) is 7.40. The molecule has 2 N–H and O–H groups in total. The second kappa shape index (κ2) is 7.63. The molecule has 0 aliphatic heterocycles. The van der Waals surface area contributed by atoms with Gasteiger partial charge in [0.25, 0.3) is 0 Å². The maximum Gasteiger partial charge on any atom is 0.236 e. The molecule has 0 bridgehead atoms. The van der Waals surface area contributed by atoms with E-state index < -0.39 is 0 Å². The van der Waals surface area contributed by atoms with Gasteiger partial charge in [0.05, 0.1) is 6.04 Å². The topological polar surface area (TPSA) is 44.4 Å². The van der Waals surface area contributed by atoms with Crippen LogP contribution in [0.2, 0.25) is 0 Å². The van der Waals surface area contributed by atoms with E-state index in [1.54, 1.807) is 7.05 Å². The van der Waals surface area contributed by atoms with Gasteiger partial charge in [-0.3, -0.25) is 9.69 Å². The smallest absolute Gasteiger partial charge is 0.236 e. The third-order valence-electron chi connectivity index (χ3n) is 2.79. The quantitative estimate of drug-likeness (QED) is 0.679. The number of hydrogen-bond acceptors (Lipinski definition) is 3. The average Bonchev–Trinajstić information content (AvgIpc) is 2.21. The Morgan fingerprint density at radius 2 is 1.62 bits per heavy atom. The molecule has 16 heavy (non-hydrogen) atoms. The first-order valence-corrected chi connectivity index (χ1v) is 6.10. The van der Waals surface area contributed by atoms with Crippen molar-refractivity contribution in [1.82, 2.24) is 15.5 Å². The zero-order chi connectivity index (χ0) is 12.7. The van der Waals surface area contributed by atoms with Gasteiger partial charge in [-0.1, -0.05) is 0 Å². The van der Waals surface area contributed by atoms with Crippen LogP contribution in [-0.2, 0) is 4.79 Å². The molecule has 0 saturated carbocycles. The lowest BCUT2D eigenvalue weighted by Crippen LogP contribution is -2.46. The fraction of sp³-hybridized carbons (Fsp3) is 0.917. The van der Waals surface area contributed by atoms with Gasteiger partial charge in [-0.15, -0.1) is 0 Å². The Labute approximate surface area is 99.8 Å². The van der Waals surface area contributed by atoms with Crippen molar-refractivity contribution in [2.45, 2.75) is 52.7 Å². The van der Waals surface area contributed by atoms with Crippen molar-refractivity contribution in [3.05, 3.63) is 0 Å². The summed E-state index contributed by atoms with van der Waals surface area (Å²) in [5, 5.41) is 5.85. The van der Waals surface area contributed by atoms with E-state index in [2.05, 4.69) is 43.2 Å². The van der Waals surface area contributed by atoms with Crippen molar-refractivity contribution in [3.63, 3.8) is 0 Å². The standard InChI is InChI=1S/C12H27N3O/c1-9(2)15(10(3)4)8-7-14-11(5)12(16)13-6/h9-11,14H,7-8H2,1-6H3,(H,13,16). The van der Waals surface area contributed by atoms with E-state index in [-0.39, 0.29) is 11.9 Å². The number of likely N-dealkylation sites (N-methyl/N-ethyl adjacent to an activating group) is 1. The first-order valence-electron chi connectivity index (χ1n) is 6.10. The number of hydrogen-bond donors (Lipinski definition) is 2. The van der Waals surface area contributed by atoms with Crippen molar-refractivity contribution in [2.75, 3.05) is 20.1 Å². The highest BCUT2D eigenvalue weighted by Crippen LogP contribution is 2.03. The fourth-order valence-corrected chi connectivity index (χ4v) is 1.83. The third-order valence-corrected chi connectivity index (χ3v) is 2.79. The summed E-state index contributed by atoms with van der Waals surface area (Å²) in [6.07, 6.45) is 0. The molecule has 1 unspecified atom stereocenters. The zero-order valence-corrected chi connectivity index (χ0v) is 11.5. The summed E-state index contributed by atoms with van der Waals surface area (Å²) in [5.41, 5.74) is 0. The highest BCUT2D eigenvalue weighted by atomic mass is 16.2. The molecule has 0 aromatic rings. The molecular formula is C12H27N3O. The maximum atomic E-state index is 11.3. The molecule has 1 amide bonds. The van der Waals surface area contributed by atoms with Crippen LogP contribution in [0.5, 0.6) is 0 Å². The number of carbonyl (C=O) groups is 1. The van der Waals surface area contributed by atoms with Gasteiger partial charge < -0.3 is 10.6 Å². The summed E-state index contributed by atoms with van der Waals surface area (Å²) in [4.78, 5) is 13.7. The second-order valence-electron chi connectivity index (χ2n) is 4.72. The number of nitrogens with zero attached hydrogens (tertiary/aromatic N) is 1. The van der Waals surface area contributed by atoms with E-state index in [4.69, 9.17) is 0 Å². The van der Waals surface area contributed by atoms with E-state index in [0.29, 0.717) is 12.1 Å². The molecule has 0 rings (SSSR count). The van der Waals surface area contributed by atoms with Crippen LogP contribution in [-0.4, -0.2) is 49.1 Å². The summed E-state index contributed by atoms with van der Waals surface area (Å²) >= 11 is 0. The molecule has 0 radical (unpaired) electrons. The van der Waals surface area contributed by atoms with E-state index >= 15 is 0 Å². The Morgan fingerprint density at radius 1 is 1.12 bits per heavy atom. The molecule has 4 nitrogen and oxygen atoms in total. The molecule has 1 atom stereocenters. The predicted octanol–water partition coefficient (Wildman–Crippen LogP) is 0.829. The minimum Gasteiger partial charge on any atom is -0.358 e. The first kappa shape index (κ1) is 15.4. The lowest BCUT2D eigenvalue weighted by molar-refractivity contribution is -0.122. The van der Waals surface area contributed by atoms with Crippen LogP contribution in [0.25, 0.3) is 0 Å². The van der Waals surface area contributed by atoms with Crippen molar-refractivity contribution >= 4 is 5.91 Å². The van der Waals surface area contributed by atoms with Crippen molar-refractivity contribution in [1.29, 1.82) is 0 Å². The molecule has 0 spiro atoms. The molecule has 96 valence electrons. The van der Waals surface area contributed by atoms with E-state index in [9.17, 15) is 4.79 Å². The molecule has 0 aromatic carbocycles. The molecule has 0 fully saturated rings. The summed E-state index contributed by atoms with van der Waals surface area (Å²) in [5.74, 6) is 0.0423. The molecule has 0 saturated heterocycles. The summed E-state index contributed by atoms with van der Waals surface area (Å²) in [7, 11) is 1.66. The van der Waals surface area contributed by atoms with Gasteiger partial charge in [0.2, 0.25) is 5.91 Å². The molecule has 0 aliphatic carbocycles. The van der Waals surface area contributed by atoms with Crippen molar-refractivity contribution < 1.29 is 4.79 Å². The van der Waals surface area contributed by atoms with Crippen LogP contribution >= 0.6 is 0 Å². The minimum absolute atomic E-state index is 0.0423. The lowest BCUT2D eigenvalue weighted by Gasteiger charge is -2.30. The Kier molecular flexibility index (Phi) is 7.34. The molecular weight excluding hydrogens is 202 g/mol. The zero-order valence-electron chi connectivity index (χ0n) is 11.5. The highest BCUT2D eigenvalue weighted by molar-refractivity contribution is 5.80. The van der Waals surface area contributed by atoms with E-state index in [1.807, 2.05) is 6.92 Å². The normalized spacial score (nSPS) is 13.6. The van der Waals surface area contributed by atoms with Gasteiger partial charge in [0, 0.05) is 32.2 Å². The van der Waals surface area contributed by atoms with Gasteiger partial charge in [0.1, 0.15) is 0 Å². The summed E-state index contributed by atoms with van der Waals surface area (Å²) in [6.45, 7) is 12.5. The number of rotatable bonds is 7. The Hall–Kier alpha value is -0.610. The largest absolute Gasteiger partial charge is 0.358 e. The van der Waals surface area contributed by atoms with Gasteiger partial charge in [-0.05, 0) is 34.6 Å². The van der Waals surface area contributed by atoms with Crippen molar-refractivity contribution in [3.8, 4) is 0 Å². The fourth-order valence-electron chi connectivity index (χ4n) is 1.83. The Morgan fingerprint density at radius 3 is 2.00 bits per heavy atom.